The minimum Gasteiger partial charge on any atom is -0.495 e. The van der Waals surface area contributed by atoms with Crippen LogP contribution in [0.5, 0.6) is 17.2 Å². The molecule has 11 heteroatoms. The maximum Gasteiger partial charge on any atom is 0.282 e. The van der Waals surface area contributed by atoms with E-state index < -0.39 is 42.1 Å². The first-order chi connectivity index (χ1) is 19.7. The highest BCUT2D eigenvalue weighted by Gasteiger charge is 2.56. The van der Waals surface area contributed by atoms with Gasteiger partial charge in [-0.15, -0.1) is 0 Å². The van der Waals surface area contributed by atoms with Crippen molar-refractivity contribution in [2.75, 3.05) is 35.7 Å². The molecule has 0 radical (unpaired) electrons. The second-order valence-electron chi connectivity index (χ2n) is 10.2. The molecule has 2 heterocycles. The molecule has 2 amide bonds. The average Bonchev–Trinajstić information content (AvgIpc) is 3.76. The van der Waals surface area contributed by atoms with Gasteiger partial charge in [-0.3, -0.25) is 14.6 Å². The number of carbonyl (C=O) groups excluding carboxylic acids is 2. The summed E-state index contributed by atoms with van der Waals surface area (Å²) in [5.41, 5.74) is 0.813. The highest BCUT2D eigenvalue weighted by atomic mass is 19.3. The molecule has 1 saturated heterocycles. The van der Waals surface area contributed by atoms with Crippen LogP contribution in [0.25, 0.3) is 10.9 Å². The molecule has 41 heavy (non-hydrogen) atoms. The molecule has 210 valence electrons. The Morgan fingerprint density at radius 3 is 2.05 bits per heavy atom. The molecule has 2 aliphatic rings. The van der Waals surface area contributed by atoms with Crippen molar-refractivity contribution in [3.05, 3.63) is 78.7 Å². The molecular weight excluding hydrogens is 537 g/mol. The quantitative estimate of drug-likeness (QED) is 0.257. The second-order valence-corrected chi connectivity index (χ2v) is 10.2. The monoisotopic (exact) mass is 562 g/mol. The lowest BCUT2D eigenvalue weighted by Crippen LogP contribution is -2.56. The zero-order chi connectivity index (χ0) is 28.8. The first kappa shape index (κ1) is 26.4. The highest BCUT2D eigenvalue weighted by molar-refractivity contribution is 6.16. The van der Waals surface area contributed by atoms with E-state index in [0.29, 0.717) is 58.1 Å². The summed E-state index contributed by atoms with van der Waals surface area (Å²) < 4.78 is 51.7. The molecule has 0 unspecified atom stereocenters. The largest absolute Gasteiger partial charge is 0.495 e. The molecule has 1 aliphatic heterocycles. The summed E-state index contributed by atoms with van der Waals surface area (Å²) in [7, 11) is 1.48. The number of fused-ring (bicyclic) bond motifs is 1. The van der Waals surface area contributed by atoms with Gasteiger partial charge in [-0.05, 0) is 73.5 Å². The average molecular weight is 563 g/mol. The van der Waals surface area contributed by atoms with Gasteiger partial charge >= 0.3 is 0 Å². The van der Waals surface area contributed by atoms with Crippen molar-refractivity contribution in [2.45, 2.75) is 18.8 Å². The van der Waals surface area contributed by atoms with Crippen LogP contribution in [0.15, 0.2) is 72.9 Å². The van der Waals surface area contributed by atoms with Crippen LogP contribution in [0.4, 0.5) is 30.2 Å². The number of rotatable bonds is 8. The van der Waals surface area contributed by atoms with Crippen LogP contribution < -0.4 is 25.0 Å². The second kappa shape index (κ2) is 9.99. The van der Waals surface area contributed by atoms with Gasteiger partial charge in [0.05, 0.1) is 31.4 Å². The first-order valence-corrected chi connectivity index (χ1v) is 12.9. The predicted molar refractivity (Wildman–Crippen MR) is 147 cm³/mol. The minimum atomic E-state index is -2.74. The summed E-state index contributed by atoms with van der Waals surface area (Å²) >= 11 is 0. The summed E-state index contributed by atoms with van der Waals surface area (Å²) in [5.74, 6) is -2.64. The number of amides is 2. The van der Waals surface area contributed by atoms with E-state index >= 15 is 0 Å². The van der Waals surface area contributed by atoms with E-state index in [0.717, 1.165) is 0 Å². The number of anilines is 3. The lowest BCUT2D eigenvalue weighted by Gasteiger charge is -2.41. The van der Waals surface area contributed by atoms with E-state index in [-0.39, 0.29) is 0 Å². The van der Waals surface area contributed by atoms with E-state index in [1.165, 1.54) is 31.4 Å². The number of nitrogens with one attached hydrogen (secondary N) is 2. The third-order valence-electron chi connectivity index (χ3n) is 7.25. The Kier molecular flexibility index (Phi) is 6.44. The van der Waals surface area contributed by atoms with E-state index in [1.807, 2.05) is 0 Å². The molecule has 8 nitrogen and oxygen atoms in total. The molecule has 3 aromatic carbocycles. The van der Waals surface area contributed by atoms with Gasteiger partial charge in [0.15, 0.2) is 0 Å². The fourth-order valence-corrected chi connectivity index (χ4v) is 4.77. The fourth-order valence-electron chi connectivity index (χ4n) is 4.77. The van der Waals surface area contributed by atoms with Gasteiger partial charge < -0.3 is 25.0 Å². The summed E-state index contributed by atoms with van der Waals surface area (Å²) in [5, 5.41) is 6.09. The molecule has 2 N–H and O–H groups in total. The maximum atomic E-state index is 13.5. The smallest absolute Gasteiger partial charge is 0.282 e. The number of ether oxygens (including phenoxy) is 2. The number of pyridine rings is 1. The van der Waals surface area contributed by atoms with E-state index in [4.69, 9.17) is 9.47 Å². The zero-order valence-electron chi connectivity index (χ0n) is 21.9. The van der Waals surface area contributed by atoms with E-state index in [2.05, 4.69) is 15.6 Å². The van der Waals surface area contributed by atoms with Crippen LogP contribution in [0.2, 0.25) is 0 Å². The number of nitrogens with zero attached hydrogens (tertiary/aromatic N) is 2. The van der Waals surface area contributed by atoms with E-state index in [9.17, 15) is 22.8 Å². The standard InChI is InChI=1S/C30H25F3N4O4/c1-40-26-15-23-22(14-24(26)37-16-30(32,33)17-37)25(10-13-34-23)41-21-8-6-20(7-9-21)36-28(39)29(11-12-29)27(38)35-19-4-2-18(31)3-5-19/h2-10,13-15H,11-12,16-17H2,1H3,(H,35,38)(H,36,39). The zero-order valence-corrected chi connectivity index (χ0v) is 21.9. The molecule has 1 aliphatic carbocycles. The SMILES string of the molecule is COc1cc2nccc(Oc3ccc(NC(=O)C4(C(=O)Nc5ccc(F)cc5)CC4)cc3)c2cc1N1CC(F)(F)C1. The number of carbonyl (C=O) groups is 2. The lowest BCUT2D eigenvalue weighted by atomic mass is 10.0. The number of methoxy groups -OCH3 is 1. The van der Waals surface area contributed by atoms with Crippen LogP contribution in [-0.4, -0.2) is 42.9 Å². The van der Waals surface area contributed by atoms with Crippen LogP contribution in [0, 0.1) is 11.2 Å². The summed E-state index contributed by atoms with van der Waals surface area (Å²) in [6, 6.07) is 17.1. The Morgan fingerprint density at radius 2 is 1.49 bits per heavy atom. The van der Waals surface area contributed by atoms with Crippen LogP contribution in [-0.2, 0) is 9.59 Å². The number of halogens is 3. The Balaban J connectivity index is 1.15. The number of aromatic nitrogens is 1. The highest BCUT2D eigenvalue weighted by Crippen LogP contribution is 2.48. The maximum absolute atomic E-state index is 13.5. The van der Waals surface area contributed by atoms with Gasteiger partial charge in [0, 0.05) is 29.0 Å². The third kappa shape index (κ3) is 5.22. The number of benzene rings is 3. The van der Waals surface area contributed by atoms with Crippen molar-refractivity contribution >= 4 is 39.8 Å². The summed E-state index contributed by atoms with van der Waals surface area (Å²) in [6.45, 7) is -0.790. The Labute approximate surface area is 233 Å². The van der Waals surface area contributed by atoms with Crippen LogP contribution in [0.3, 0.4) is 0 Å². The van der Waals surface area contributed by atoms with Crippen molar-refractivity contribution in [2.24, 2.45) is 5.41 Å². The number of hydrogen-bond donors (Lipinski definition) is 2. The molecule has 2 fully saturated rings. The normalized spacial score (nSPS) is 16.4. The first-order valence-electron chi connectivity index (χ1n) is 12.9. The topological polar surface area (TPSA) is 92.8 Å². The summed E-state index contributed by atoms with van der Waals surface area (Å²) in [6.07, 6.45) is 2.39. The number of alkyl halides is 2. The Hall–Kier alpha value is -4.80. The lowest BCUT2D eigenvalue weighted by molar-refractivity contribution is -0.131. The van der Waals surface area contributed by atoms with Gasteiger partial charge in [-0.1, -0.05) is 0 Å². The van der Waals surface area contributed by atoms with E-state index in [1.54, 1.807) is 53.6 Å². The third-order valence-corrected chi connectivity index (χ3v) is 7.25. The molecule has 0 atom stereocenters. The van der Waals surface area contributed by atoms with Crippen molar-refractivity contribution in [3.8, 4) is 17.2 Å². The molecule has 6 rings (SSSR count). The van der Waals surface area contributed by atoms with Crippen molar-refractivity contribution in [3.63, 3.8) is 0 Å². The van der Waals surface area contributed by atoms with Gasteiger partial charge in [0.2, 0.25) is 11.8 Å². The molecule has 1 saturated carbocycles. The van der Waals surface area contributed by atoms with Gasteiger partial charge in [-0.25, -0.2) is 13.2 Å². The molecule has 1 aromatic heterocycles. The molecule has 0 bridgehead atoms. The van der Waals surface area contributed by atoms with Crippen LogP contribution >= 0.6 is 0 Å². The molecule has 4 aromatic rings. The Bertz CT molecular complexity index is 1630. The molecule has 0 spiro atoms. The summed E-state index contributed by atoms with van der Waals surface area (Å²) in [4.78, 5) is 31.7. The van der Waals surface area contributed by atoms with Crippen molar-refractivity contribution in [1.29, 1.82) is 0 Å². The van der Waals surface area contributed by atoms with Gasteiger partial charge in [-0.2, -0.15) is 0 Å². The van der Waals surface area contributed by atoms with Crippen LogP contribution in [0.1, 0.15) is 12.8 Å². The minimum absolute atomic E-state index is 0.395. The predicted octanol–water partition coefficient (Wildman–Crippen LogP) is 5.99. The van der Waals surface area contributed by atoms with Gasteiger partial charge in [0.25, 0.3) is 5.92 Å². The van der Waals surface area contributed by atoms with Crippen molar-refractivity contribution in [1.82, 2.24) is 4.98 Å². The fraction of sp³-hybridized carbons (Fsp3) is 0.233. The van der Waals surface area contributed by atoms with Gasteiger partial charge in [0.1, 0.15) is 28.5 Å². The number of hydrogen-bond acceptors (Lipinski definition) is 6. The van der Waals surface area contributed by atoms with Crippen molar-refractivity contribution < 1.29 is 32.2 Å². The Morgan fingerprint density at radius 1 is 0.878 bits per heavy atom. The molecular formula is C30H25F3N4O4.